The first-order chi connectivity index (χ1) is 8.04. The minimum atomic E-state index is -0.0755. The number of nitrogens with zero attached hydrogens (tertiary/aromatic N) is 3. The molecule has 4 heteroatoms. The van der Waals surface area contributed by atoms with Gasteiger partial charge in [-0.15, -0.1) is 0 Å². The van der Waals surface area contributed by atoms with Gasteiger partial charge in [0.1, 0.15) is 5.76 Å². The highest BCUT2D eigenvalue weighted by atomic mass is 16.3. The van der Waals surface area contributed by atoms with Crippen LogP contribution in [0.25, 0.3) is 0 Å². The molecule has 0 saturated carbocycles. The minimum absolute atomic E-state index is 0.0755. The van der Waals surface area contributed by atoms with Gasteiger partial charge in [0.15, 0.2) is 0 Å². The lowest BCUT2D eigenvalue weighted by Crippen LogP contribution is -2.33. The van der Waals surface area contributed by atoms with Crippen molar-refractivity contribution in [3.63, 3.8) is 0 Å². The third-order valence-electron chi connectivity index (χ3n) is 4.28. The van der Waals surface area contributed by atoms with E-state index in [9.17, 15) is 5.11 Å². The highest BCUT2D eigenvalue weighted by molar-refractivity contribution is 5.41. The van der Waals surface area contributed by atoms with E-state index in [0.717, 1.165) is 12.1 Å². The molecule has 4 nitrogen and oxygen atoms in total. The Hall–Kier alpha value is -1.76. The average Bonchev–Trinajstić information content (AvgIpc) is 2.74. The molecule has 0 fully saturated rings. The number of aryl methyl sites for hydroxylation is 1. The molecule has 2 unspecified atom stereocenters. The summed E-state index contributed by atoms with van der Waals surface area (Å²) < 4.78 is 1.84. The Morgan fingerprint density at radius 3 is 3.06 bits per heavy atom. The number of allylic oxidation sites excluding steroid dienone is 2. The maximum atomic E-state index is 9.83. The van der Waals surface area contributed by atoms with E-state index in [1.54, 1.807) is 0 Å². The molecule has 1 aromatic heterocycles. The predicted octanol–water partition coefficient (Wildman–Crippen LogP) is 1.98. The van der Waals surface area contributed by atoms with Gasteiger partial charge in [0.2, 0.25) is 0 Å². The first kappa shape index (κ1) is 10.4. The van der Waals surface area contributed by atoms with Crippen molar-refractivity contribution in [1.29, 1.82) is 5.26 Å². The maximum Gasteiger partial charge on any atom is 0.106 e. The summed E-state index contributed by atoms with van der Waals surface area (Å²) >= 11 is 0. The van der Waals surface area contributed by atoms with E-state index < -0.39 is 0 Å². The summed E-state index contributed by atoms with van der Waals surface area (Å²) in [6.45, 7) is 2.17. The van der Waals surface area contributed by atoms with Gasteiger partial charge in [-0.1, -0.05) is 6.92 Å². The number of nitriles is 1. The largest absolute Gasteiger partial charge is 0.511 e. The average molecular weight is 229 g/mol. The lowest BCUT2D eigenvalue weighted by Gasteiger charge is -2.35. The van der Waals surface area contributed by atoms with Crippen LogP contribution in [0.15, 0.2) is 17.5 Å². The van der Waals surface area contributed by atoms with Crippen molar-refractivity contribution in [1.82, 2.24) is 9.78 Å². The van der Waals surface area contributed by atoms with Gasteiger partial charge in [-0.05, 0) is 24.3 Å². The van der Waals surface area contributed by atoms with E-state index in [2.05, 4.69) is 24.3 Å². The molecule has 1 heterocycles. The molecule has 3 rings (SSSR count). The third-order valence-corrected chi connectivity index (χ3v) is 4.28. The Kier molecular flexibility index (Phi) is 1.91. The number of aliphatic hydroxyl groups is 1. The van der Waals surface area contributed by atoms with E-state index in [1.165, 1.54) is 5.56 Å². The lowest BCUT2D eigenvalue weighted by atomic mass is 9.68. The first-order valence-corrected chi connectivity index (χ1v) is 5.88. The number of rotatable bonds is 0. The summed E-state index contributed by atoms with van der Waals surface area (Å²) in [5, 5.41) is 23.4. The molecule has 1 N–H and O–H groups in total. The van der Waals surface area contributed by atoms with Crippen LogP contribution in [-0.4, -0.2) is 14.9 Å². The van der Waals surface area contributed by atoms with E-state index in [1.807, 2.05) is 11.7 Å². The van der Waals surface area contributed by atoms with Crippen molar-refractivity contribution in [2.45, 2.75) is 31.6 Å². The number of hydrogen-bond acceptors (Lipinski definition) is 3. The number of hydrogen-bond donors (Lipinski definition) is 1. The van der Waals surface area contributed by atoms with Crippen molar-refractivity contribution >= 4 is 0 Å². The van der Waals surface area contributed by atoms with E-state index in [4.69, 9.17) is 5.26 Å². The van der Waals surface area contributed by atoms with Gasteiger partial charge in [-0.2, -0.15) is 10.4 Å². The van der Waals surface area contributed by atoms with Crippen molar-refractivity contribution < 1.29 is 5.11 Å². The summed E-state index contributed by atoms with van der Waals surface area (Å²) in [5.74, 6) is 0.669. The number of aromatic nitrogens is 2. The summed E-state index contributed by atoms with van der Waals surface area (Å²) in [4.78, 5) is 0. The third kappa shape index (κ3) is 1.25. The van der Waals surface area contributed by atoms with Crippen LogP contribution in [-0.2, 0) is 18.9 Å². The van der Waals surface area contributed by atoms with Crippen molar-refractivity contribution in [3.8, 4) is 6.07 Å². The Bertz CT molecular complexity index is 564. The molecule has 2 aliphatic carbocycles. The molecule has 0 saturated heterocycles. The van der Waals surface area contributed by atoms with Crippen molar-refractivity contribution in [2.75, 3.05) is 0 Å². The quantitative estimate of drug-likeness (QED) is 0.740. The van der Waals surface area contributed by atoms with E-state index in [-0.39, 0.29) is 11.2 Å². The van der Waals surface area contributed by atoms with Crippen LogP contribution in [0.3, 0.4) is 0 Å². The molecule has 2 atom stereocenters. The summed E-state index contributed by atoms with van der Waals surface area (Å²) in [5.41, 5.74) is 2.84. The number of aliphatic hydroxyl groups excluding tert-OH is 1. The fraction of sp³-hybridized carbons (Fsp3) is 0.538. The van der Waals surface area contributed by atoms with Crippen LogP contribution in [0.5, 0.6) is 0 Å². The first-order valence-electron chi connectivity index (χ1n) is 5.88. The topological polar surface area (TPSA) is 61.8 Å². The zero-order chi connectivity index (χ0) is 12.2. The molecule has 1 aromatic rings. The van der Waals surface area contributed by atoms with Gasteiger partial charge < -0.3 is 5.11 Å². The Morgan fingerprint density at radius 2 is 2.35 bits per heavy atom. The molecule has 0 bridgehead atoms. The van der Waals surface area contributed by atoms with Crippen LogP contribution in [0.1, 0.15) is 31.0 Å². The van der Waals surface area contributed by atoms with Crippen LogP contribution >= 0.6 is 0 Å². The second-order valence-corrected chi connectivity index (χ2v) is 5.41. The molecule has 2 aliphatic rings. The van der Waals surface area contributed by atoms with E-state index in [0.29, 0.717) is 24.3 Å². The maximum absolute atomic E-state index is 9.83. The second kappa shape index (κ2) is 3.13. The fourth-order valence-corrected chi connectivity index (χ4v) is 3.31. The molecule has 17 heavy (non-hydrogen) atoms. The molecular formula is C13H15N3O. The second-order valence-electron chi connectivity index (χ2n) is 5.41. The summed E-state index contributed by atoms with van der Waals surface area (Å²) in [6, 6.07) is 2.12. The SMILES string of the molecule is Cn1cc2c(n1)C1(C)CC(C#N)=C(O)CC1C2. The lowest BCUT2D eigenvalue weighted by molar-refractivity contribution is 0.234. The van der Waals surface area contributed by atoms with Crippen molar-refractivity contribution in [3.05, 3.63) is 28.8 Å². The monoisotopic (exact) mass is 229 g/mol. The molecule has 0 amide bonds. The summed E-state index contributed by atoms with van der Waals surface area (Å²) in [6.07, 6.45) is 4.24. The van der Waals surface area contributed by atoms with Gasteiger partial charge in [-0.25, -0.2) is 0 Å². The zero-order valence-electron chi connectivity index (χ0n) is 10.1. The van der Waals surface area contributed by atoms with Gasteiger partial charge in [0.25, 0.3) is 0 Å². The Morgan fingerprint density at radius 1 is 1.59 bits per heavy atom. The van der Waals surface area contributed by atoms with Gasteiger partial charge in [0, 0.05) is 25.1 Å². The zero-order valence-corrected chi connectivity index (χ0v) is 10.1. The van der Waals surface area contributed by atoms with Gasteiger partial charge >= 0.3 is 0 Å². The normalized spacial score (nSPS) is 31.0. The Labute approximate surface area is 100 Å². The highest BCUT2D eigenvalue weighted by Crippen LogP contribution is 2.51. The van der Waals surface area contributed by atoms with Gasteiger partial charge in [0.05, 0.1) is 17.3 Å². The van der Waals surface area contributed by atoms with Crippen LogP contribution in [0, 0.1) is 17.2 Å². The molecule has 0 aliphatic heterocycles. The van der Waals surface area contributed by atoms with Gasteiger partial charge in [-0.3, -0.25) is 4.68 Å². The Balaban J connectivity index is 2.09. The minimum Gasteiger partial charge on any atom is -0.511 e. The molecule has 0 spiro atoms. The molecule has 88 valence electrons. The fourth-order valence-electron chi connectivity index (χ4n) is 3.31. The predicted molar refractivity (Wildman–Crippen MR) is 62.3 cm³/mol. The van der Waals surface area contributed by atoms with E-state index >= 15 is 0 Å². The van der Waals surface area contributed by atoms with Crippen molar-refractivity contribution in [2.24, 2.45) is 13.0 Å². The standard InChI is InChI=1S/C13H15N3O/c1-13-5-9(6-14)11(17)4-10(13)3-8-7-16(2)15-12(8)13/h7,10,17H,3-5H2,1-2H3. The number of fused-ring (bicyclic) bond motifs is 3. The van der Waals surface area contributed by atoms with Crippen LogP contribution in [0.2, 0.25) is 0 Å². The molecular weight excluding hydrogens is 214 g/mol. The van der Waals surface area contributed by atoms with Crippen LogP contribution < -0.4 is 0 Å². The smallest absolute Gasteiger partial charge is 0.106 e. The molecule has 0 aromatic carbocycles. The van der Waals surface area contributed by atoms with Crippen LogP contribution in [0.4, 0.5) is 0 Å². The summed E-state index contributed by atoms with van der Waals surface area (Å²) in [7, 11) is 1.93. The molecule has 0 radical (unpaired) electrons. The highest BCUT2D eigenvalue weighted by Gasteiger charge is 2.49.